The van der Waals surface area contributed by atoms with Gasteiger partial charge in [0.05, 0.1) is 11.9 Å². The van der Waals surface area contributed by atoms with Crippen LogP contribution in [0.15, 0.2) is 24.4 Å². The number of hydrogen-bond acceptors (Lipinski definition) is 6. The predicted octanol–water partition coefficient (Wildman–Crippen LogP) is 1.10. The molecule has 2 aliphatic rings. The summed E-state index contributed by atoms with van der Waals surface area (Å²) in [7, 11) is 0. The lowest BCUT2D eigenvalue weighted by molar-refractivity contribution is -0.130. The van der Waals surface area contributed by atoms with E-state index in [0.717, 1.165) is 74.1 Å². The summed E-state index contributed by atoms with van der Waals surface area (Å²) in [6.07, 6.45) is 1.87. The molecule has 1 saturated heterocycles. The standard InChI is InChI=1S/C20H27N5O3/c1-15(26)25-8-6-24(7-9-25)5-4-21-13-17-14-22-23-20(17)16-2-3-18-19(12-16)28-11-10-27-18/h2-3,12,14,21H,4-11,13H2,1H3,(H,22,23). The molecule has 1 aromatic carbocycles. The quantitative estimate of drug-likeness (QED) is 0.725. The van der Waals surface area contributed by atoms with Crippen LogP contribution in [0.3, 0.4) is 0 Å². The van der Waals surface area contributed by atoms with Gasteiger partial charge < -0.3 is 19.7 Å². The molecule has 2 N–H and O–H groups in total. The van der Waals surface area contributed by atoms with Gasteiger partial charge in [-0.1, -0.05) is 0 Å². The zero-order chi connectivity index (χ0) is 19.3. The van der Waals surface area contributed by atoms with Gasteiger partial charge in [0, 0.05) is 63.9 Å². The molecule has 0 spiro atoms. The van der Waals surface area contributed by atoms with E-state index in [-0.39, 0.29) is 5.91 Å². The molecule has 1 aromatic heterocycles. The summed E-state index contributed by atoms with van der Waals surface area (Å²) in [6, 6.07) is 5.97. The van der Waals surface area contributed by atoms with Crippen molar-refractivity contribution in [3.05, 3.63) is 30.0 Å². The van der Waals surface area contributed by atoms with E-state index < -0.39 is 0 Å². The molecule has 1 fully saturated rings. The molecule has 2 aliphatic heterocycles. The van der Waals surface area contributed by atoms with E-state index in [1.54, 1.807) is 6.92 Å². The molecular weight excluding hydrogens is 358 g/mol. The molecule has 28 heavy (non-hydrogen) atoms. The first-order chi connectivity index (χ1) is 13.7. The van der Waals surface area contributed by atoms with Crippen molar-refractivity contribution < 1.29 is 14.3 Å². The number of aromatic nitrogens is 2. The highest BCUT2D eigenvalue weighted by molar-refractivity contribution is 5.73. The number of hydrogen-bond donors (Lipinski definition) is 2. The summed E-state index contributed by atoms with van der Waals surface area (Å²) < 4.78 is 11.3. The lowest BCUT2D eigenvalue weighted by Crippen LogP contribution is -2.49. The number of aromatic amines is 1. The van der Waals surface area contributed by atoms with Crippen molar-refractivity contribution in [2.75, 3.05) is 52.5 Å². The third-order valence-corrected chi connectivity index (χ3v) is 5.29. The summed E-state index contributed by atoms with van der Waals surface area (Å²) in [4.78, 5) is 15.7. The zero-order valence-electron chi connectivity index (χ0n) is 16.2. The smallest absolute Gasteiger partial charge is 0.219 e. The number of amides is 1. The van der Waals surface area contributed by atoms with Crippen molar-refractivity contribution in [3.8, 4) is 22.8 Å². The van der Waals surface area contributed by atoms with Crippen molar-refractivity contribution >= 4 is 5.91 Å². The highest BCUT2D eigenvalue weighted by Crippen LogP contribution is 2.34. The van der Waals surface area contributed by atoms with Gasteiger partial charge in [0.15, 0.2) is 11.5 Å². The van der Waals surface area contributed by atoms with Crippen LogP contribution >= 0.6 is 0 Å². The highest BCUT2D eigenvalue weighted by atomic mass is 16.6. The number of fused-ring (bicyclic) bond motifs is 1. The fourth-order valence-corrected chi connectivity index (χ4v) is 3.64. The van der Waals surface area contributed by atoms with E-state index in [0.29, 0.717) is 13.2 Å². The van der Waals surface area contributed by atoms with Crippen LogP contribution in [0.1, 0.15) is 12.5 Å². The van der Waals surface area contributed by atoms with Gasteiger partial charge in [-0.15, -0.1) is 0 Å². The lowest BCUT2D eigenvalue weighted by atomic mass is 10.1. The van der Waals surface area contributed by atoms with Gasteiger partial charge in [-0.25, -0.2) is 0 Å². The summed E-state index contributed by atoms with van der Waals surface area (Å²) >= 11 is 0. The lowest BCUT2D eigenvalue weighted by Gasteiger charge is -2.34. The van der Waals surface area contributed by atoms with Crippen LogP contribution in [-0.4, -0.2) is 78.4 Å². The molecular formula is C20H27N5O3. The van der Waals surface area contributed by atoms with Crippen LogP contribution in [0.2, 0.25) is 0 Å². The molecule has 0 atom stereocenters. The van der Waals surface area contributed by atoms with Crippen molar-refractivity contribution in [2.45, 2.75) is 13.5 Å². The Balaban J connectivity index is 1.28. The van der Waals surface area contributed by atoms with Gasteiger partial charge in [0.25, 0.3) is 0 Å². The Kier molecular flexibility index (Phi) is 5.78. The maximum Gasteiger partial charge on any atom is 0.219 e. The minimum absolute atomic E-state index is 0.171. The molecule has 0 saturated carbocycles. The number of rotatable bonds is 6. The number of benzene rings is 1. The SMILES string of the molecule is CC(=O)N1CCN(CCNCc2cn[nH]c2-c2ccc3c(c2)OCCO3)CC1. The molecule has 2 aromatic rings. The molecule has 0 bridgehead atoms. The molecule has 8 nitrogen and oxygen atoms in total. The summed E-state index contributed by atoms with van der Waals surface area (Å²) in [5.74, 6) is 1.74. The van der Waals surface area contributed by atoms with Crippen LogP contribution in [0.5, 0.6) is 11.5 Å². The average molecular weight is 385 g/mol. The van der Waals surface area contributed by atoms with Gasteiger partial charge in [-0.2, -0.15) is 5.10 Å². The van der Waals surface area contributed by atoms with Gasteiger partial charge in [0.2, 0.25) is 5.91 Å². The number of H-pyrrole nitrogens is 1. The molecule has 3 heterocycles. The van der Waals surface area contributed by atoms with Crippen molar-refractivity contribution in [3.63, 3.8) is 0 Å². The molecule has 0 aliphatic carbocycles. The van der Waals surface area contributed by atoms with E-state index >= 15 is 0 Å². The van der Waals surface area contributed by atoms with Gasteiger partial charge in [-0.05, 0) is 18.2 Å². The fourth-order valence-electron chi connectivity index (χ4n) is 3.64. The average Bonchev–Trinajstić information content (AvgIpc) is 3.20. The number of nitrogens with zero attached hydrogens (tertiary/aromatic N) is 3. The third kappa shape index (κ3) is 4.28. The largest absolute Gasteiger partial charge is 0.486 e. The van der Waals surface area contributed by atoms with E-state index in [4.69, 9.17) is 9.47 Å². The van der Waals surface area contributed by atoms with Crippen LogP contribution in [0.4, 0.5) is 0 Å². The molecule has 4 rings (SSSR count). The summed E-state index contributed by atoms with van der Waals surface area (Å²) in [5, 5.41) is 10.8. The topological polar surface area (TPSA) is 82.7 Å². The number of carbonyl (C=O) groups excluding carboxylic acids is 1. The summed E-state index contributed by atoms with van der Waals surface area (Å²) in [5.41, 5.74) is 3.16. The molecule has 8 heteroatoms. The van der Waals surface area contributed by atoms with Crippen LogP contribution in [0, 0.1) is 0 Å². The van der Waals surface area contributed by atoms with Crippen molar-refractivity contribution in [1.29, 1.82) is 0 Å². The Morgan fingerprint density at radius 1 is 1.18 bits per heavy atom. The van der Waals surface area contributed by atoms with E-state index in [1.807, 2.05) is 29.3 Å². The Morgan fingerprint density at radius 3 is 2.75 bits per heavy atom. The van der Waals surface area contributed by atoms with Crippen molar-refractivity contribution in [2.24, 2.45) is 0 Å². The molecule has 0 radical (unpaired) electrons. The Morgan fingerprint density at radius 2 is 1.96 bits per heavy atom. The van der Waals surface area contributed by atoms with Gasteiger partial charge in [-0.3, -0.25) is 14.8 Å². The second kappa shape index (κ2) is 8.62. The Bertz CT molecular complexity index is 814. The first-order valence-corrected chi connectivity index (χ1v) is 9.81. The number of nitrogens with one attached hydrogen (secondary N) is 2. The van der Waals surface area contributed by atoms with Gasteiger partial charge >= 0.3 is 0 Å². The van der Waals surface area contributed by atoms with Gasteiger partial charge in [0.1, 0.15) is 13.2 Å². The van der Waals surface area contributed by atoms with Crippen LogP contribution in [-0.2, 0) is 11.3 Å². The summed E-state index contributed by atoms with van der Waals surface area (Å²) in [6.45, 7) is 8.95. The van der Waals surface area contributed by atoms with Crippen LogP contribution < -0.4 is 14.8 Å². The van der Waals surface area contributed by atoms with E-state index in [9.17, 15) is 4.79 Å². The predicted molar refractivity (Wildman–Crippen MR) is 105 cm³/mol. The maximum atomic E-state index is 11.4. The fraction of sp³-hybridized carbons (Fsp3) is 0.500. The minimum Gasteiger partial charge on any atom is -0.486 e. The number of piperazine rings is 1. The number of ether oxygens (including phenoxy) is 2. The first-order valence-electron chi connectivity index (χ1n) is 9.81. The minimum atomic E-state index is 0.171. The second-order valence-electron chi connectivity index (χ2n) is 7.15. The van der Waals surface area contributed by atoms with Crippen molar-refractivity contribution in [1.82, 2.24) is 25.3 Å². The van der Waals surface area contributed by atoms with Crippen LogP contribution in [0.25, 0.3) is 11.3 Å². The molecule has 0 unspecified atom stereocenters. The number of carbonyl (C=O) groups is 1. The highest BCUT2D eigenvalue weighted by Gasteiger charge is 2.18. The molecule has 150 valence electrons. The zero-order valence-corrected chi connectivity index (χ0v) is 16.2. The molecule has 1 amide bonds. The second-order valence-corrected chi connectivity index (χ2v) is 7.15. The first kappa shape index (κ1) is 18.8. The van der Waals surface area contributed by atoms with E-state index in [1.165, 1.54) is 0 Å². The van der Waals surface area contributed by atoms with E-state index in [2.05, 4.69) is 20.4 Å². The maximum absolute atomic E-state index is 11.4. The Hall–Kier alpha value is -2.58. The third-order valence-electron chi connectivity index (χ3n) is 5.29. The normalized spacial score (nSPS) is 17.0. The monoisotopic (exact) mass is 385 g/mol. The Labute approximate surface area is 164 Å².